The van der Waals surface area contributed by atoms with Crippen LogP contribution in [0.3, 0.4) is 0 Å². The number of aromatic amines is 1. The van der Waals surface area contributed by atoms with E-state index in [1.165, 1.54) is 25.7 Å². The number of rotatable bonds is 3. The van der Waals surface area contributed by atoms with Crippen LogP contribution in [0.1, 0.15) is 31.6 Å². The Balaban J connectivity index is 0.00000121. The van der Waals surface area contributed by atoms with Gasteiger partial charge in [0, 0.05) is 30.9 Å². The SMILES string of the molecule is Cl.c1c[nH]c(-c2noc(CC3CC4CCC(C3)N4)n2)n1. The number of fused-ring (bicyclic) bond motifs is 2. The molecule has 2 atom stereocenters. The second-order valence-electron chi connectivity index (χ2n) is 5.63. The molecule has 2 fully saturated rings. The van der Waals surface area contributed by atoms with E-state index in [0.717, 1.165) is 12.3 Å². The van der Waals surface area contributed by atoms with Crippen molar-refractivity contribution in [1.29, 1.82) is 0 Å². The fraction of sp³-hybridized carbons (Fsp3) is 0.615. The van der Waals surface area contributed by atoms with E-state index in [0.29, 0.717) is 29.7 Å². The molecule has 20 heavy (non-hydrogen) atoms. The lowest BCUT2D eigenvalue weighted by atomic mass is 9.90. The zero-order chi connectivity index (χ0) is 12.7. The summed E-state index contributed by atoms with van der Waals surface area (Å²) in [6.07, 6.45) is 9.45. The van der Waals surface area contributed by atoms with Crippen LogP contribution in [0, 0.1) is 5.92 Å². The Hall–Kier alpha value is -1.40. The van der Waals surface area contributed by atoms with E-state index >= 15 is 0 Å². The van der Waals surface area contributed by atoms with E-state index in [4.69, 9.17) is 4.52 Å². The van der Waals surface area contributed by atoms with Crippen molar-refractivity contribution in [2.45, 2.75) is 44.2 Å². The average Bonchev–Trinajstić information content (AvgIpc) is 3.10. The van der Waals surface area contributed by atoms with E-state index in [2.05, 4.69) is 25.4 Å². The lowest BCUT2D eigenvalue weighted by Crippen LogP contribution is -2.38. The van der Waals surface area contributed by atoms with Crippen LogP contribution >= 0.6 is 12.4 Å². The quantitative estimate of drug-likeness (QED) is 0.905. The minimum atomic E-state index is 0. The molecule has 0 spiro atoms. The first-order chi connectivity index (χ1) is 9.37. The summed E-state index contributed by atoms with van der Waals surface area (Å²) in [4.78, 5) is 11.5. The number of hydrogen-bond donors (Lipinski definition) is 2. The number of hydrogen-bond acceptors (Lipinski definition) is 5. The van der Waals surface area contributed by atoms with Gasteiger partial charge in [0.05, 0.1) is 0 Å². The van der Waals surface area contributed by atoms with Gasteiger partial charge in [-0.25, -0.2) is 4.98 Å². The van der Waals surface area contributed by atoms with Crippen LogP contribution in [-0.4, -0.2) is 32.2 Å². The third-order valence-electron chi connectivity index (χ3n) is 4.21. The molecular formula is C13H18ClN5O. The van der Waals surface area contributed by atoms with Gasteiger partial charge in [0.25, 0.3) is 0 Å². The van der Waals surface area contributed by atoms with E-state index < -0.39 is 0 Å². The van der Waals surface area contributed by atoms with Crippen molar-refractivity contribution < 1.29 is 4.52 Å². The van der Waals surface area contributed by atoms with Gasteiger partial charge < -0.3 is 14.8 Å². The molecule has 2 aliphatic heterocycles. The highest BCUT2D eigenvalue weighted by Gasteiger charge is 2.34. The topological polar surface area (TPSA) is 79.6 Å². The number of aromatic nitrogens is 4. The maximum atomic E-state index is 5.34. The molecule has 2 unspecified atom stereocenters. The van der Waals surface area contributed by atoms with Crippen LogP contribution in [0.25, 0.3) is 11.6 Å². The van der Waals surface area contributed by atoms with Crippen molar-refractivity contribution in [3.8, 4) is 11.6 Å². The summed E-state index contributed by atoms with van der Waals surface area (Å²) in [5, 5.41) is 7.63. The number of nitrogens with one attached hydrogen (secondary N) is 2. The van der Waals surface area contributed by atoms with Crippen LogP contribution < -0.4 is 5.32 Å². The molecule has 0 saturated carbocycles. The standard InChI is InChI=1S/C13H17N5O.ClH/c1-2-10-6-8(5-9(1)16-10)7-11-17-13(18-19-11)12-14-3-4-15-12;/h3-4,8-10,16H,1-2,5-7H2,(H,14,15);1H. The van der Waals surface area contributed by atoms with Gasteiger partial charge in [-0.05, 0) is 31.6 Å². The first-order valence-corrected chi connectivity index (χ1v) is 6.95. The fourth-order valence-corrected chi connectivity index (χ4v) is 3.41. The van der Waals surface area contributed by atoms with Gasteiger partial charge in [-0.15, -0.1) is 12.4 Å². The largest absolute Gasteiger partial charge is 0.342 e. The highest BCUT2D eigenvalue weighted by Crippen LogP contribution is 2.32. The molecule has 2 bridgehead atoms. The van der Waals surface area contributed by atoms with Gasteiger partial charge in [-0.1, -0.05) is 5.16 Å². The average molecular weight is 296 g/mol. The summed E-state index contributed by atoms with van der Waals surface area (Å²) in [6, 6.07) is 1.41. The van der Waals surface area contributed by atoms with Crippen LogP contribution in [-0.2, 0) is 6.42 Å². The Labute approximate surface area is 123 Å². The predicted molar refractivity (Wildman–Crippen MR) is 75.5 cm³/mol. The molecule has 2 N–H and O–H groups in total. The molecule has 108 valence electrons. The molecule has 4 rings (SSSR count). The molecule has 2 aliphatic rings. The molecule has 2 aromatic rings. The number of halogens is 1. The van der Waals surface area contributed by atoms with Gasteiger partial charge >= 0.3 is 0 Å². The van der Waals surface area contributed by atoms with Crippen molar-refractivity contribution in [1.82, 2.24) is 25.4 Å². The van der Waals surface area contributed by atoms with E-state index in [1.807, 2.05) is 0 Å². The molecule has 2 saturated heterocycles. The second-order valence-corrected chi connectivity index (χ2v) is 5.63. The zero-order valence-electron chi connectivity index (χ0n) is 11.1. The smallest absolute Gasteiger partial charge is 0.238 e. The first-order valence-electron chi connectivity index (χ1n) is 6.95. The van der Waals surface area contributed by atoms with E-state index in [9.17, 15) is 0 Å². The maximum Gasteiger partial charge on any atom is 0.238 e. The van der Waals surface area contributed by atoms with Gasteiger partial charge in [0.2, 0.25) is 11.7 Å². The Morgan fingerprint density at radius 3 is 2.75 bits per heavy atom. The Morgan fingerprint density at radius 1 is 1.25 bits per heavy atom. The molecule has 0 radical (unpaired) electrons. The Kier molecular flexibility index (Phi) is 3.76. The van der Waals surface area contributed by atoms with Crippen LogP contribution in [0.15, 0.2) is 16.9 Å². The summed E-state index contributed by atoms with van der Waals surface area (Å²) >= 11 is 0. The summed E-state index contributed by atoms with van der Waals surface area (Å²) in [6.45, 7) is 0. The van der Waals surface area contributed by atoms with Crippen molar-refractivity contribution in [2.75, 3.05) is 0 Å². The van der Waals surface area contributed by atoms with E-state index in [1.54, 1.807) is 12.4 Å². The van der Waals surface area contributed by atoms with Gasteiger partial charge in [0.1, 0.15) is 0 Å². The van der Waals surface area contributed by atoms with Crippen molar-refractivity contribution in [3.63, 3.8) is 0 Å². The van der Waals surface area contributed by atoms with E-state index in [-0.39, 0.29) is 12.4 Å². The summed E-state index contributed by atoms with van der Waals surface area (Å²) in [7, 11) is 0. The number of imidazole rings is 1. The summed E-state index contributed by atoms with van der Waals surface area (Å²) < 4.78 is 5.34. The monoisotopic (exact) mass is 295 g/mol. The van der Waals surface area contributed by atoms with Crippen LogP contribution in [0.2, 0.25) is 0 Å². The fourth-order valence-electron chi connectivity index (χ4n) is 3.41. The molecule has 2 aromatic heterocycles. The van der Waals surface area contributed by atoms with Crippen molar-refractivity contribution >= 4 is 12.4 Å². The highest BCUT2D eigenvalue weighted by atomic mass is 35.5. The van der Waals surface area contributed by atoms with Crippen LogP contribution in [0.4, 0.5) is 0 Å². The highest BCUT2D eigenvalue weighted by molar-refractivity contribution is 5.85. The number of H-pyrrole nitrogens is 1. The number of nitrogens with zero attached hydrogens (tertiary/aromatic N) is 3. The van der Waals surface area contributed by atoms with Crippen LogP contribution in [0.5, 0.6) is 0 Å². The summed E-state index contributed by atoms with van der Waals surface area (Å²) in [5.74, 6) is 2.62. The maximum absolute atomic E-state index is 5.34. The third-order valence-corrected chi connectivity index (χ3v) is 4.21. The molecule has 4 heterocycles. The predicted octanol–water partition coefficient (Wildman–Crippen LogP) is 1.95. The summed E-state index contributed by atoms with van der Waals surface area (Å²) in [5.41, 5.74) is 0. The normalized spacial score (nSPS) is 28.3. The molecule has 7 heteroatoms. The second kappa shape index (κ2) is 5.54. The first kappa shape index (κ1) is 13.6. The minimum absolute atomic E-state index is 0. The molecule has 6 nitrogen and oxygen atoms in total. The molecule has 0 aliphatic carbocycles. The number of piperidine rings is 1. The lowest BCUT2D eigenvalue weighted by molar-refractivity contribution is 0.270. The third kappa shape index (κ3) is 2.58. The van der Waals surface area contributed by atoms with Gasteiger partial charge in [-0.3, -0.25) is 0 Å². The Bertz CT molecular complexity index is 543. The van der Waals surface area contributed by atoms with Gasteiger partial charge in [0.15, 0.2) is 5.82 Å². The molecule has 0 aromatic carbocycles. The minimum Gasteiger partial charge on any atom is -0.342 e. The lowest BCUT2D eigenvalue weighted by Gasteiger charge is -2.27. The van der Waals surface area contributed by atoms with Crippen molar-refractivity contribution in [2.24, 2.45) is 5.92 Å². The van der Waals surface area contributed by atoms with Crippen molar-refractivity contribution in [3.05, 3.63) is 18.3 Å². The van der Waals surface area contributed by atoms with Gasteiger partial charge in [-0.2, -0.15) is 4.98 Å². The molecule has 0 amide bonds. The zero-order valence-corrected chi connectivity index (χ0v) is 11.9. The molecular weight excluding hydrogens is 278 g/mol. The Morgan fingerprint density at radius 2 is 2.05 bits per heavy atom.